The van der Waals surface area contributed by atoms with Gasteiger partial charge in [-0.25, -0.2) is 0 Å². The van der Waals surface area contributed by atoms with Crippen LogP contribution in [0.15, 0.2) is 0 Å². The molecule has 1 aliphatic carbocycles. The van der Waals surface area contributed by atoms with Gasteiger partial charge in [0.05, 0.1) is 0 Å². The fraction of sp³-hybridized carbons (Fsp3) is 1.00. The van der Waals surface area contributed by atoms with Crippen LogP contribution in [0, 0.1) is 5.92 Å². The lowest BCUT2D eigenvalue weighted by molar-refractivity contribution is 0.385. The zero-order valence-electron chi connectivity index (χ0n) is 6.07. The zero-order valence-corrected chi connectivity index (χ0v) is 9.07. The summed E-state index contributed by atoms with van der Waals surface area (Å²) in [5.41, 5.74) is 0. The van der Waals surface area contributed by atoms with E-state index in [0.29, 0.717) is 0 Å². The Balaban J connectivity index is 2.30. The summed E-state index contributed by atoms with van der Waals surface area (Å²) < 4.78 is 1.11. The molecular weight excluding hydrogens is 188 g/mol. The topological polar surface area (TPSA) is 0 Å². The lowest BCUT2D eigenvalue weighted by Gasteiger charge is -2.26. The normalized spacial score (nSPS) is 35.8. The molecule has 0 bridgehead atoms. The van der Waals surface area contributed by atoms with Gasteiger partial charge in [0.25, 0.3) is 0 Å². The first-order chi connectivity index (χ1) is 4.34. The van der Waals surface area contributed by atoms with Crippen LogP contribution in [0.1, 0.15) is 32.6 Å². The van der Waals surface area contributed by atoms with Gasteiger partial charge in [0, 0.05) is 0 Å². The highest BCUT2D eigenvalue weighted by atomic mass is 79.9. The summed E-state index contributed by atoms with van der Waals surface area (Å²) in [7, 11) is 0. The SMILES string of the molecule is CC1CCCC[CH]1[Mg][Br]. The molecule has 0 saturated heterocycles. The van der Waals surface area contributed by atoms with Crippen molar-refractivity contribution in [3.8, 4) is 0 Å². The molecule has 0 amide bonds. The molecule has 0 aromatic heterocycles. The van der Waals surface area contributed by atoms with Crippen molar-refractivity contribution in [2.24, 2.45) is 5.92 Å². The van der Waals surface area contributed by atoms with Crippen molar-refractivity contribution in [2.75, 3.05) is 0 Å². The van der Waals surface area contributed by atoms with Crippen LogP contribution < -0.4 is 0 Å². The van der Waals surface area contributed by atoms with Crippen molar-refractivity contribution < 1.29 is 0 Å². The minimum absolute atomic E-state index is 0.133. The summed E-state index contributed by atoms with van der Waals surface area (Å²) in [4.78, 5) is 0. The maximum Gasteiger partial charge on any atom is 0.472 e. The van der Waals surface area contributed by atoms with E-state index in [2.05, 4.69) is 19.8 Å². The van der Waals surface area contributed by atoms with E-state index >= 15 is 0 Å². The molecule has 50 valence electrons. The minimum Gasteiger partial charge on any atom is -0.306 e. The molecule has 1 fully saturated rings. The van der Waals surface area contributed by atoms with E-state index in [9.17, 15) is 0 Å². The molecule has 0 spiro atoms. The predicted molar refractivity (Wildman–Crippen MR) is 46.1 cm³/mol. The highest BCUT2D eigenvalue weighted by Gasteiger charge is 2.20. The van der Waals surface area contributed by atoms with Crippen molar-refractivity contribution in [3.63, 3.8) is 0 Å². The summed E-state index contributed by atoms with van der Waals surface area (Å²) >= 11 is 3.82. The van der Waals surface area contributed by atoms with Gasteiger partial charge in [0.15, 0.2) is 0 Å². The molecule has 1 saturated carbocycles. The van der Waals surface area contributed by atoms with Crippen LogP contribution >= 0.6 is 12.9 Å². The molecule has 0 heterocycles. The number of halogens is 1. The summed E-state index contributed by atoms with van der Waals surface area (Å²) in [6.45, 7) is 2.41. The molecule has 9 heavy (non-hydrogen) atoms. The van der Waals surface area contributed by atoms with Crippen molar-refractivity contribution in [1.82, 2.24) is 0 Å². The van der Waals surface area contributed by atoms with Gasteiger partial charge in [-0.1, -0.05) is 38.5 Å². The number of hydrogen-bond acceptors (Lipinski definition) is 0. The molecular formula is C7H13BrMg. The molecule has 0 nitrogen and oxygen atoms in total. The van der Waals surface area contributed by atoms with Crippen LogP contribution in [0.5, 0.6) is 0 Å². The molecule has 1 rings (SSSR count). The summed E-state index contributed by atoms with van der Waals surface area (Å²) in [5, 5.41) is 0. The molecule has 2 atom stereocenters. The van der Waals surface area contributed by atoms with Crippen LogP contribution in [-0.2, 0) is 0 Å². The van der Waals surface area contributed by atoms with Crippen LogP contribution in [0.2, 0.25) is 4.05 Å². The Bertz CT molecular complexity index is 85.0. The molecule has 0 aromatic rings. The first-order valence-corrected chi connectivity index (χ1v) is 8.62. The Morgan fingerprint density at radius 1 is 1.33 bits per heavy atom. The van der Waals surface area contributed by atoms with Gasteiger partial charge in [-0.3, -0.25) is 0 Å². The Labute approximate surface area is 73.4 Å². The second-order valence-electron chi connectivity index (χ2n) is 3.18. The molecule has 2 heteroatoms. The highest BCUT2D eigenvalue weighted by molar-refractivity contribution is 9.23. The van der Waals surface area contributed by atoms with Gasteiger partial charge in [-0.2, -0.15) is 0 Å². The zero-order chi connectivity index (χ0) is 6.69. The molecule has 0 aromatic carbocycles. The average molecular weight is 201 g/mol. The standard InChI is InChI=1S/C7H13.BrH.Mg/c1-7-5-3-2-4-6-7;;/h5,7H,2-4,6H2,1H3;1H;/q;;+1/p-1. The Morgan fingerprint density at radius 3 is 2.44 bits per heavy atom. The summed E-state index contributed by atoms with van der Waals surface area (Å²) in [6, 6.07) is 0. The Kier molecular flexibility index (Phi) is 3.89. The third kappa shape index (κ3) is 2.39. The minimum atomic E-state index is 0.133. The molecule has 1 aliphatic rings. The van der Waals surface area contributed by atoms with Crippen molar-refractivity contribution in [3.05, 3.63) is 0 Å². The highest BCUT2D eigenvalue weighted by Crippen LogP contribution is 2.34. The second kappa shape index (κ2) is 4.19. The molecule has 0 aliphatic heterocycles. The largest absolute Gasteiger partial charge is 0.472 e. The van der Waals surface area contributed by atoms with Gasteiger partial charge in [0.2, 0.25) is 0 Å². The predicted octanol–water partition coefficient (Wildman–Crippen LogP) is 3.00. The second-order valence-corrected chi connectivity index (χ2v) is 6.48. The first-order valence-electron chi connectivity index (χ1n) is 3.90. The van der Waals surface area contributed by atoms with E-state index in [4.69, 9.17) is 0 Å². The molecule has 0 radical (unpaired) electrons. The van der Waals surface area contributed by atoms with E-state index in [1.165, 1.54) is 25.7 Å². The number of hydrogen-bond donors (Lipinski definition) is 0. The van der Waals surface area contributed by atoms with Crippen LogP contribution in [0.25, 0.3) is 0 Å². The van der Waals surface area contributed by atoms with Gasteiger partial charge < -0.3 is 12.9 Å². The van der Waals surface area contributed by atoms with Crippen LogP contribution in [0.4, 0.5) is 0 Å². The van der Waals surface area contributed by atoms with Gasteiger partial charge in [0.1, 0.15) is 0 Å². The summed E-state index contributed by atoms with van der Waals surface area (Å²) in [5.74, 6) is 1.03. The lowest BCUT2D eigenvalue weighted by atomic mass is 9.90. The van der Waals surface area contributed by atoms with Crippen molar-refractivity contribution in [1.29, 1.82) is 0 Å². The number of rotatable bonds is 1. The fourth-order valence-corrected chi connectivity index (χ4v) is 5.49. The quantitative estimate of drug-likeness (QED) is 0.572. The average Bonchev–Trinajstić information content (AvgIpc) is 1.89. The molecule has 0 N–H and O–H groups in total. The molecule has 2 unspecified atom stereocenters. The first kappa shape index (κ1) is 8.34. The van der Waals surface area contributed by atoms with E-state index < -0.39 is 0 Å². The van der Waals surface area contributed by atoms with Crippen LogP contribution in [0.3, 0.4) is 0 Å². The van der Waals surface area contributed by atoms with Crippen molar-refractivity contribution in [2.45, 2.75) is 36.7 Å². The van der Waals surface area contributed by atoms with Crippen LogP contribution in [-0.4, -0.2) is 18.2 Å². The van der Waals surface area contributed by atoms with E-state index in [-0.39, 0.29) is 18.2 Å². The third-order valence-corrected chi connectivity index (χ3v) is 6.59. The fourth-order valence-electron chi connectivity index (χ4n) is 1.62. The van der Waals surface area contributed by atoms with Gasteiger partial charge >= 0.3 is 18.2 Å². The Morgan fingerprint density at radius 2 is 2.00 bits per heavy atom. The van der Waals surface area contributed by atoms with E-state index in [0.717, 1.165) is 9.97 Å². The third-order valence-electron chi connectivity index (χ3n) is 2.49. The van der Waals surface area contributed by atoms with Crippen molar-refractivity contribution >= 4 is 31.1 Å². The smallest absolute Gasteiger partial charge is 0.306 e. The summed E-state index contributed by atoms with van der Waals surface area (Å²) in [6.07, 6.45) is 5.98. The maximum atomic E-state index is 3.69. The maximum absolute atomic E-state index is 3.69. The lowest BCUT2D eigenvalue weighted by Crippen LogP contribution is -2.13. The van der Waals surface area contributed by atoms with E-state index in [1.807, 2.05) is 0 Å². The monoisotopic (exact) mass is 200 g/mol. The van der Waals surface area contributed by atoms with Gasteiger partial charge in [-0.05, 0) is 0 Å². The Hall–Kier alpha value is 1.25. The van der Waals surface area contributed by atoms with E-state index in [1.54, 1.807) is 0 Å². The van der Waals surface area contributed by atoms with Gasteiger partial charge in [-0.15, -0.1) is 4.05 Å².